The van der Waals surface area contributed by atoms with Crippen LogP contribution >= 0.6 is 0 Å². The number of carbonyl (C=O) groups is 2. The topological polar surface area (TPSA) is 107 Å². The summed E-state index contributed by atoms with van der Waals surface area (Å²) in [6, 6.07) is 1.58. The molecule has 0 atom stereocenters. The summed E-state index contributed by atoms with van der Waals surface area (Å²) < 4.78 is 35.1. The van der Waals surface area contributed by atoms with Gasteiger partial charge < -0.3 is 10.1 Å². The molecule has 0 aliphatic rings. The average molecular weight is 433 g/mol. The summed E-state index contributed by atoms with van der Waals surface area (Å²) >= 11 is 0. The van der Waals surface area contributed by atoms with Crippen LogP contribution in [-0.4, -0.2) is 40.2 Å². The number of carbonyl (C=O) groups excluding carboxylic acids is 2. The zero-order valence-electron chi connectivity index (χ0n) is 17.3. The second-order valence-corrected chi connectivity index (χ2v) is 6.81. The number of nitrogens with zero attached hydrogens (tertiary/aromatic N) is 3. The number of aromatic nitrogens is 3. The highest BCUT2D eigenvalue weighted by molar-refractivity contribution is 5.97. The van der Waals surface area contributed by atoms with Crippen LogP contribution in [0.2, 0.25) is 0 Å². The first kappa shape index (κ1) is 22.1. The predicted molar refractivity (Wildman–Crippen MR) is 107 cm³/mol. The van der Waals surface area contributed by atoms with Crippen LogP contribution in [0, 0.1) is 11.6 Å². The summed E-state index contributed by atoms with van der Waals surface area (Å²) in [7, 11) is 1.19. The molecule has 9 nitrogen and oxygen atoms in total. The maximum atomic E-state index is 14.5. The molecule has 0 saturated carbocycles. The third-order valence-corrected chi connectivity index (χ3v) is 4.43. The van der Waals surface area contributed by atoms with Gasteiger partial charge in [0, 0.05) is 17.8 Å². The molecule has 0 aliphatic carbocycles. The molecule has 0 fully saturated rings. The van der Waals surface area contributed by atoms with Crippen molar-refractivity contribution < 1.29 is 27.9 Å². The molecule has 3 aromatic rings. The lowest BCUT2D eigenvalue weighted by molar-refractivity contribution is 0.0521. The molecule has 0 bridgehead atoms. The quantitative estimate of drug-likeness (QED) is 0.435. The van der Waals surface area contributed by atoms with Gasteiger partial charge in [0.1, 0.15) is 23.5 Å². The van der Waals surface area contributed by atoms with E-state index >= 15 is 0 Å². The van der Waals surface area contributed by atoms with Crippen LogP contribution in [0.5, 0.6) is 0 Å². The highest BCUT2D eigenvalue weighted by Gasteiger charge is 2.24. The van der Waals surface area contributed by atoms with E-state index in [-0.39, 0.29) is 24.0 Å². The van der Waals surface area contributed by atoms with E-state index in [1.54, 1.807) is 6.92 Å². The number of ether oxygens (including phenoxy) is 1. The SMILES string of the molecule is CCOC(=O)c1cn2ncnc(Nc3cc(C(=O)NOC)c(F)cc3F)c2c1C(C)C. The molecule has 2 aromatic heterocycles. The van der Waals surface area contributed by atoms with Gasteiger partial charge in [-0.2, -0.15) is 5.10 Å². The Morgan fingerprint density at radius 1 is 1.19 bits per heavy atom. The molecule has 11 heteroatoms. The maximum absolute atomic E-state index is 14.5. The smallest absolute Gasteiger partial charge is 0.340 e. The summed E-state index contributed by atoms with van der Waals surface area (Å²) in [6.45, 7) is 5.65. The van der Waals surface area contributed by atoms with Crippen molar-refractivity contribution in [3.05, 3.63) is 53.0 Å². The van der Waals surface area contributed by atoms with E-state index < -0.39 is 29.1 Å². The van der Waals surface area contributed by atoms with Gasteiger partial charge in [0.15, 0.2) is 5.82 Å². The number of hydrogen-bond acceptors (Lipinski definition) is 7. The van der Waals surface area contributed by atoms with E-state index in [0.29, 0.717) is 22.7 Å². The van der Waals surface area contributed by atoms with Crippen molar-refractivity contribution in [2.24, 2.45) is 0 Å². The molecule has 2 heterocycles. The number of anilines is 2. The number of hydrogen-bond donors (Lipinski definition) is 2. The van der Waals surface area contributed by atoms with Crippen LogP contribution in [0.1, 0.15) is 53.0 Å². The molecule has 0 saturated heterocycles. The van der Waals surface area contributed by atoms with Gasteiger partial charge >= 0.3 is 5.97 Å². The van der Waals surface area contributed by atoms with Gasteiger partial charge in [-0.1, -0.05) is 13.8 Å². The Kier molecular flexibility index (Phi) is 6.44. The first-order chi connectivity index (χ1) is 14.8. The zero-order valence-corrected chi connectivity index (χ0v) is 17.3. The van der Waals surface area contributed by atoms with Crippen molar-refractivity contribution in [1.29, 1.82) is 0 Å². The molecular formula is C20H21F2N5O4. The van der Waals surface area contributed by atoms with E-state index in [9.17, 15) is 18.4 Å². The summed E-state index contributed by atoms with van der Waals surface area (Å²) in [5.74, 6) is -3.36. The van der Waals surface area contributed by atoms with Gasteiger partial charge in [-0.3, -0.25) is 9.63 Å². The van der Waals surface area contributed by atoms with Crippen LogP contribution in [0.15, 0.2) is 24.7 Å². The Morgan fingerprint density at radius 2 is 1.94 bits per heavy atom. The number of esters is 1. The molecule has 2 N–H and O–H groups in total. The summed E-state index contributed by atoms with van der Waals surface area (Å²) in [5.41, 5.74) is 2.69. The Bertz CT molecular complexity index is 1150. The van der Waals surface area contributed by atoms with Gasteiger partial charge in [-0.25, -0.2) is 28.6 Å². The van der Waals surface area contributed by atoms with Crippen molar-refractivity contribution >= 4 is 28.9 Å². The normalized spacial score (nSPS) is 11.1. The molecule has 0 unspecified atom stereocenters. The van der Waals surface area contributed by atoms with Crippen molar-refractivity contribution in [2.45, 2.75) is 26.7 Å². The molecule has 164 valence electrons. The zero-order chi connectivity index (χ0) is 22.7. The molecule has 1 aromatic carbocycles. The van der Waals surface area contributed by atoms with E-state index in [2.05, 4.69) is 20.2 Å². The molecule has 1 amide bonds. The largest absolute Gasteiger partial charge is 0.462 e. The number of benzene rings is 1. The van der Waals surface area contributed by atoms with Crippen LogP contribution in [0.4, 0.5) is 20.3 Å². The number of rotatable bonds is 7. The molecule has 3 rings (SSSR count). The first-order valence-corrected chi connectivity index (χ1v) is 9.41. The Balaban J connectivity index is 2.13. The van der Waals surface area contributed by atoms with Crippen LogP contribution in [0.3, 0.4) is 0 Å². The minimum absolute atomic E-state index is 0.128. The molecule has 31 heavy (non-hydrogen) atoms. The van der Waals surface area contributed by atoms with Crippen molar-refractivity contribution in [3.8, 4) is 0 Å². The second kappa shape index (κ2) is 9.04. The molecule has 0 spiro atoms. The van der Waals surface area contributed by atoms with E-state index in [4.69, 9.17) is 4.74 Å². The number of fused-ring (bicyclic) bond motifs is 1. The lowest BCUT2D eigenvalue weighted by atomic mass is 10.00. The summed E-state index contributed by atoms with van der Waals surface area (Å²) in [4.78, 5) is 33.0. The van der Waals surface area contributed by atoms with Crippen LogP contribution in [0.25, 0.3) is 5.52 Å². The Hall–Kier alpha value is -3.60. The number of nitrogens with one attached hydrogen (secondary N) is 2. The van der Waals surface area contributed by atoms with Crippen molar-refractivity contribution in [2.75, 3.05) is 19.0 Å². The predicted octanol–water partition coefficient (Wildman–Crippen LogP) is 3.34. The number of amides is 1. The van der Waals surface area contributed by atoms with E-state index in [1.165, 1.54) is 24.1 Å². The monoisotopic (exact) mass is 433 g/mol. The van der Waals surface area contributed by atoms with Crippen molar-refractivity contribution in [3.63, 3.8) is 0 Å². The van der Waals surface area contributed by atoms with Crippen molar-refractivity contribution in [1.82, 2.24) is 20.1 Å². The van der Waals surface area contributed by atoms with Crippen LogP contribution in [-0.2, 0) is 9.57 Å². The highest BCUT2D eigenvalue weighted by atomic mass is 19.1. The number of halogens is 2. The minimum atomic E-state index is -1.06. The van der Waals surface area contributed by atoms with E-state index in [1.807, 2.05) is 19.3 Å². The third kappa shape index (κ3) is 4.31. The Labute approximate surface area is 176 Å². The van der Waals surface area contributed by atoms with Gasteiger partial charge in [-0.05, 0) is 18.9 Å². The van der Waals surface area contributed by atoms with Gasteiger partial charge in [0.2, 0.25) is 0 Å². The highest BCUT2D eigenvalue weighted by Crippen LogP contribution is 2.32. The van der Waals surface area contributed by atoms with Gasteiger partial charge in [-0.15, -0.1) is 0 Å². The standard InChI is InChI=1S/C20H21F2N5O4/c1-5-31-20(29)12-8-27-17(16(12)10(2)3)18(23-9-24-27)25-15-6-11(19(28)26-30-4)13(21)7-14(15)22/h6-10H,5H2,1-4H3,(H,26,28)(H,23,24,25). The molecular weight excluding hydrogens is 412 g/mol. The second-order valence-electron chi connectivity index (χ2n) is 6.81. The summed E-state index contributed by atoms with van der Waals surface area (Å²) in [6.07, 6.45) is 2.72. The minimum Gasteiger partial charge on any atom is -0.462 e. The fourth-order valence-electron chi connectivity index (χ4n) is 3.18. The third-order valence-electron chi connectivity index (χ3n) is 4.43. The lowest BCUT2D eigenvalue weighted by Crippen LogP contribution is -2.23. The average Bonchev–Trinajstić information content (AvgIpc) is 3.11. The Morgan fingerprint density at radius 3 is 2.58 bits per heavy atom. The van der Waals surface area contributed by atoms with E-state index in [0.717, 1.165) is 6.07 Å². The lowest BCUT2D eigenvalue weighted by Gasteiger charge is -2.13. The maximum Gasteiger partial charge on any atom is 0.340 e. The van der Waals surface area contributed by atoms with Crippen LogP contribution < -0.4 is 10.8 Å². The molecule has 0 radical (unpaired) electrons. The fraction of sp³-hybridized carbons (Fsp3) is 0.300. The summed E-state index contributed by atoms with van der Waals surface area (Å²) in [5, 5.41) is 6.89. The number of hydroxylamine groups is 1. The van der Waals surface area contributed by atoms with Gasteiger partial charge in [0.25, 0.3) is 5.91 Å². The molecule has 0 aliphatic heterocycles. The van der Waals surface area contributed by atoms with Gasteiger partial charge in [0.05, 0.1) is 30.5 Å². The first-order valence-electron chi connectivity index (χ1n) is 9.41. The fourth-order valence-corrected chi connectivity index (χ4v) is 3.18.